The summed E-state index contributed by atoms with van der Waals surface area (Å²) in [5.41, 5.74) is 4.27. The third-order valence-electron chi connectivity index (χ3n) is 9.51. The predicted octanol–water partition coefficient (Wildman–Crippen LogP) is 8.03. The van der Waals surface area contributed by atoms with Gasteiger partial charge in [-0.25, -0.2) is 9.48 Å². The van der Waals surface area contributed by atoms with Crippen molar-refractivity contribution in [1.29, 1.82) is 0 Å². The van der Waals surface area contributed by atoms with Crippen LogP contribution in [0.3, 0.4) is 0 Å². The fourth-order valence-corrected chi connectivity index (χ4v) is 6.77. The SMILES string of the molecule is CC(C)c1nnc2ccc(O[C@@H]3CC[C@H](NC(=O)Nc4cc(C(C)(C)C)nn4-c4cccc(OCCOC5CCCCO5)c4)c4ccccc43)cn12. The molecule has 5 aromatic rings. The van der Waals surface area contributed by atoms with Crippen molar-refractivity contribution >= 4 is 17.5 Å². The lowest BCUT2D eigenvalue weighted by atomic mass is 9.85. The molecule has 7 rings (SSSR count). The lowest BCUT2D eigenvalue weighted by Crippen LogP contribution is -2.36. The normalized spacial score (nSPS) is 19.0. The minimum atomic E-state index is -0.311. The molecular weight excluding hydrogens is 658 g/mol. The number of anilines is 1. The molecule has 3 aromatic heterocycles. The van der Waals surface area contributed by atoms with Gasteiger partial charge in [0.15, 0.2) is 11.9 Å². The summed E-state index contributed by atoms with van der Waals surface area (Å²) in [6.07, 6.45) is 6.21. The molecule has 274 valence electrons. The molecule has 1 saturated heterocycles. The Hall–Kier alpha value is -4.94. The number of ether oxygens (including phenoxy) is 4. The third-order valence-corrected chi connectivity index (χ3v) is 9.51. The van der Waals surface area contributed by atoms with Gasteiger partial charge in [-0.1, -0.05) is 65.0 Å². The summed E-state index contributed by atoms with van der Waals surface area (Å²) in [6, 6.07) is 21.2. The van der Waals surface area contributed by atoms with E-state index in [4.69, 9.17) is 24.0 Å². The molecule has 2 aliphatic rings. The molecule has 0 saturated carbocycles. The van der Waals surface area contributed by atoms with Crippen molar-refractivity contribution in [3.05, 3.63) is 95.6 Å². The Labute approximate surface area is 304 Å². The van der Waals surface area contributed by atoms with Crippen molar-refractivity contribution in [1.82, 2.24) is 29.7 Å². The van der Waals surface area contributed by atoms with Crippen molar-refractivity contribution < 1.29 is 23.7 Å². The van der Waals surface area contributed by atoms with E-state index in [1.165, 1.54) is 0 Å². The molecule has 3 atom stereocenters. The first-order valence-corrected chi connectivity index (χ1v) is 18.4. The monoisotopic (exact) mass is 707 g/mol. The zero-order valence-corrected chi connectivity index (χ0v) is 30.7. The number of benzene rings is 2. The topological polar surface area (TPSA) is 126 Å². The number of amides is 2. The molecular formula is C40H49N7O5. The number of carbonyl (C=O) groups is 1. The number of urea groups is 1. The highest BCUT2D eigenvalue weighted by atomic mass is 16.7. The largest absolute Gasteiger partial charge is 0.491 e. The van der Waals surface area contributed by atoms with Crippen molar-refractivity contribution in [2.75, 3.05) is 25.1 Å². The third kappa shape index (κ3) is 8.08. The average Bonchev–Trinajstić information content (AvgIpc) is 3.77. The zero-order valence-electron chi connectivity index (χ0n) is 30.7. The van der Waals surface area contributed by atoms with Gasteiger partial charge in [-0.2, -0.15) is 5.10 Å². The van der Waals surface area contributed by atoms with Gasteiger partial charge in [0.25, 0.3) is 0 Å². The summed E-state index contributed by atoms with van der Waals surface area (Å²) in [6.45, 7) is 12.1. The quantitative estimate of drug-likeness (QED) is 0.132. The molecule has 1 aliphatic carbocycles. The predicted molar refractivity (Wildman–Crippen MR) is 198 cm³/mol. The summed E-state index contributed by atoms with van der Waals surface area (Å²) >= 11 is 0. The summed E-state index contributed by atoms with van der Waals surface area (Å²) < 4.78 is 27.8. The maximum Gasteiger partial charge on any atom is 0.320 e. The Balaban J connectivity index is 1.04. The Morgan fingerprint density at radius 1 is 0.942 bits per heavy atom. The van der Waals surface area contributed by atoms with Crippen LogP contribution in [0.4, 0.5) is 10.6 Å². The highest BCUT2D eigenvalue weighted by Crippen LogP contribution is 2.39. The van der Waals surface area contributed by atoms with E-state index in [0.29, 0.717) is 31.2 Å². The van der Waals surface area contributed by atoms with Crippen LogP contribution in [-0.2, 0) is 14.9 Å². The highest BCUT2D eigenvalue weighted by molar-refractivity contribution is 5.89. The van der Waals surface area contributed by atoms with Crippen LogP contribution in [-0.4, -0.2) is 56.5 Å². The molecule has 12 heteroatoms. The number of rotatable bonds is 11. The van der Waals surface area contributed by atoms with Crippen molar-refractivity contribution in [3.63, 3.8) is 0 Å². The maximum absolute atomic E-state index is 13.7. The molecule has 12 nitrogen and oxygen atoms in total. The number of fused-ring (bicyclic) bond motifs is 2. The van der Waals surface area contributed by atoms with Gasteiger partial charge in [-0.3, -0.25) is 9.72 Å². The summed E-state index contributed by atoms with van der Waals surface area (Å²) in [7, 11) is 0. The standard InChI is InChI=1S/C40H49N7O5/c1-26(2)38-44-43-35-19-16-29(25-46(35)38)52-33-18-17-32(30-13-6-7-14-31(30)33)41-39(48)42-36-24-34(40(3,4)5)45-47(36)27-11-10-12-28(23-27)49-21-22-51-37-15-8-9-20-50-37/h6-7,10-14,16,19,23-26,32-33,37H,8-9,15,17-18,20-22H2,1-5H3,(H2,41,42,48)/t32-,33+,37?/m0/s1. The lowest BCUT2D eigenvalue weighted by Gasteiger charge is -2.32. The van der Waals surface area contributed by atoms with Crippen LogP contribution >= 0.6 is 0 Å². The lowest BCUT2D eigenvalue weighted by molar-refractivity contribution is -0.165. The molecule has 1 aliphatic heterocycles. The highest BCUT2D eigenvalue weighted by Gasteiger charge is 2.30. The van der Waals surface area contributed by atoms with Gasteiger partial charge in [0.2, 0.25) is 0 Å². The Morgan fingerprint density at radius 3 is 2.58 bits per heavy atom. The van der Waals surface area contributed by atoms with Crippen LogP contribution < -0.4 is 20.1 Å². The Bertz CT molecular complexity index is 1990. The van der Waals surface area contributed by atoms with Crippen LogP contribution in [0.2, 0.25) is 0 Å². The number of nitrogens with zero attached hydrogens (tertiary/aromatic N) is 5. The molecule has 0 radical (unpaired) electrons. The van der Waals surface area contributed by atoms with Gasteiger partial charge < -0.3 is 24.3 Å². The second-order valence-corrected chi connectivity index (χ2v) is 14.9. The molecule has 1 unspecified atom stereocenters. The molecule has 0 bridgehead atoms. The Kier molecular flexibility index (Phi) is 10.5. The minimum absolute atomic E-state index is 0.153. The first-order chi connectivity index (χ1) is 25.1. The van der Waals surface area contributed by atoms with E-state index < -0.39 is 0 Å². The summed E-state index contributed by atoms with van der Waals surface area (Å²) in [4.78, 5) is 13.7. The molecule has 4 heterocycles. The molecule has 1 fully saturated rings. The number of nitrogens with one attached hydrogen (secondary N) is 2. The summed E-state index contributed by atoms with van der Waals surface area (Å²) in [5.74, 6) is 3.12. The second-order valence-electron chi connectivity index (χ2n) is 14.9. The fourth-order valence-electron chi connectivity index (χ4n) is 6.77. The van der Waals surface area contributed by atoms with Gasteiger partial charge in [-0.05, 0) is 67.5 Å². The van der Waals surface area contributed by atoms with Crippen molar-refractivity contribution in [3.8, 4) is 17.2 Å². The van der Waals surface area contributed by atoms with Gasteiger partial charge in [0.1, 0.15) is 35.9 Å². The Morgan fingerprint density at radius 2 is 1.79 bits per heavy atom. The molecule has 2 amide bonds. The number of carbonyl (C=O) groups excluding carboxylic acids is 1. The number of hydrogen-bond acceptors (Lipinski definition) is 8. The van der Waals surface area contributed by atoms with Crippen LogP contribution in [0.25, 0.3) is 11.3 Å². The van der Waals surface area contributed by atoms with E-state index >= 15 is 0 Å². The number of aromatic nitrogens is 5. The molecule has 2 aromatic carbocycles. The maximum atomic E-state index is 13.7. The van der Waals surface area contributed by atoms with Gasteiger partial charge in [0, 0.05) is 30.1 Å². The van der Waals surface area contributed by atoms with Crippen LogP contribution in [0.15, 0.2) is 72.9 Å². The zero-order chi connectivity index (χ0) is 36.2. The van der Waals surface area contributed by atoms with Crippen LogP contribution in [0.1, 0.15) is 107 Å². The minimum Gasteiger partial charge on any atom is -0.491 e. The van der Waals surface area contributed by atoms with Crippen molar-refractivity contribution in [2.45, 2.75) is 96.5 Å². The van der Waals surface area contributed by atoms with Gasteiger partial charge in [-0.15, -0.1) is 10.2 Å². The number of hydrogen-bond donors (Lipinski definition) is 2. The average molecular weight is 708 g/mol. The molecule has 2 N–H and O–H groups in total. The van der Waals surface area contributed by atoms with E-state index in [1.54, 1.807) is 4.68 Å². The van der Waals surface area contributed by atoms with E-state index in [9.17, 15) is 4.79 Å². The first kappa shape index (κ1) is 35.5. The second kappa shape index (κ2) is 15.3. The van der Waals surface area contributed by atoms with Crippen LogP contribution in [0.5, 0.6) is 11.5 Å². The summed E-state index contributed by atoms with van der Waals surface area (Å²) in [5, 5.41) is 19.9. The van der Waals surface area contributed by atoms with Crippen molar-refractivity contribution in [2.24, 2.45) is 0 Å². The van der Waals surface area contributed by atoms with E-state index in [2.05, 4.69) is 67.6 Å². The van der Waals surface area contributed by atoms with Crippen LogP contribution in [0, 0.1) is 0 Å². The first-order valence-electron chi connectivity index (χ1n) is 18.4. The van der Waals surface area contributed by atoms with Gasteiger partial charge in [0.05, 0.1) is 30.2 Å². The fraction of sp³-hybridized carbons (Fsp3) is 0.450. The molecule has 52 heavy (non-hydrogen) atoms. The molecule has 0 spiro atoms. The van der Waals surface area contributed by atoms with E-state index in [-0.39, 0.29) is 35.8 Å². The van der Waals surface area contributed by atoms with E-state index in [0.717, 1.165) is 72.0 Å². The number of pyridine rings is 1. The smallest absolute Gasteiger partial charge is 0.320 e. The van der Waals surface area contributed by atoms with Gasteiger partial charge >= 0.3 is 6.03 Å². The van der Waals surface area contributed by atoms with E-state index in [1.807, 2.05) is 65.2 Å².